The zero-order valence-electron chi connectivity index (χ0n) is 12.5. The van der Waals surface area contributed by atoms with Crippen molar-refractivity contribution in [2.45, 2.75) is 39.5 Å². The van der Waals surface area contributed by atoms with Gasteiger partial charge in [0, 0.05) is 11.1 Å². The van der Waals surface area contributed by atoms with Gasteiger partial charge in [0.05, 0.1) is 0 Å². The molecule has 0 unspecified atom stereocenters. The molecule has 0 N–H and O–H groups in total. The highest BCUT2D eigenvalue weighted by Crippen LogP contribution is 2.39. The molecule has 0 radical (unpaired) electrons. The fourth-order valence-corrected chi connectivity index (χ4v) is 2.83. The number of hydrogen-bond acceptors (Lipinski definition) is 1. The third-order valence-corrected chi connectivity index (χ3v) is 4.20. The van der Waals surface area contributed by atoms with Crippen LogP contribution in [0.15, 0.2) is 36.4 Å². The molecule has 102 valence electrons. The van der Waals surface area contributed by atoms with Crippen molar-refractivity contribution >= 4 is 5.78 Å². The largest absolute Gasteiger partial charge is 0.289 e. The Morgan fingerprint density at radius 3 is 1.40 bits per heavy atom. The van der Waals surface area contributed by atoms with Gasteiger partial charge in [-0.3, -0.25) is 4.79 Å². The molecule has 2 aromatic rings. The van der Waals surface area contributed by atoms with Crippen molar-refractivity contribution < 1.29 is 4.79 Å². The average molecular weight is 264 g/mol. The SMILES string of the molecule is CC(C)c1ccc2c(c1)-c1cc(C(C)C)ccc1C2=O. The Morgan fingerprint density at radius 1 is 0.650 bits per heavy atom. The summed E-state index contributed by atoms with van der Waals surface area (Å²) in [6.07, 6.45) is 0. The molecule has 0 saturated carbocycles. The van der Waals surface area contributed by atoms with Crippen molar-refractivity contribution in [3.8, 4) is 11.1 Å². The monoisotopic (exact) mass is 264 g/mol. The zero-order chi connectivity index (χ0) is 14.4. The fraction of sp³-hybridized carbons (Fsp3) is 0.316. The Labute approximate surface area is 120 Å². The van der Waals surface area contributed by atoms with Crippen LogP contribution in [0.5, 0.6) is 0 Å². The van der Waals surface area contributed by atoms with Crippen molar-refractivity contribution in [1.29, 1.82) is 0 Å². The smallest absolute Gasteiger partial charge is 0.194 e. The van der Waals surface area contributed by atoms with Crippen LogP contribution in [-0.4, -0.2) is 5.78 Å². The lowest BCUT2D eigenvalue weighted by atomic mass is 9.94. The summed E-state index contributed by atoms with van der Waals surface area (Å²) in [7, 11) is 0. The van der Waals surface area contributed by atoms with Crippen LogP contribution in [0, 0.1) is 0 Å². The molecule has 0 aliphatic heterocycles. The molecule has 0 aromatic heterocycles. The number of carbonyl (C=O) groups is 1. The molecule has 2 aromatic carbocycles. The summed E-state index contributed by atoms with van der Waals surface area (Å²) in [6, 6.07) is 12.5. The van der Waals surface area contributed by atoms with E-state index in [1.54, 1.807) is 0 Å². The zero-order valence-corrected chi connectivity index (χ0v) is 12.5. The third-order valence-electron chi connectivity index (χ3n) is 4.20. The molecule has 3 rings (SSSR count). The second-order valence-corrected chi connectivity index (χ2v) is 6.25. The van der Waals surface area contributed by atoms with E-state index in [1.807, 2.05) is 12.1 Å². The van der Waals surface area contributed by atoms with Gasteiger partial charge < -0.3 is 0 Å². The van der Waals surface area contributed by atoms with Crippen LogP contribution >= 0.6 is 0 Å². The topological polar surface area (TPSA) is 17.1 Å². The second kappa shape index (κ2) is 4.59. The number of carbonyl (C=O) groups excluding carboxylic acids is 1. The summed E-state index contributed by atoms with van der Waals surface area (Å²) in [4.78, 5) is 12.5. The minimum absolute atomic E-state index is 0.167. The summed E-state index contributed by atoms with van der Waals surface area (Å²) < 4.78 is 0. The number of hydrogen-bond donors (Lipinski definition) is 0. The van der Waals surface area contributed by atoms with E-state index in [0.29, 0.717) is 11.8 Å². The highest BCUT2D eigenvalue weighted by Gasteiger charge is 2.27. The maximum absolute atomic E-state index is 12.5. The van der Waals surface area contributed by atoms with Crippen molar-refractivity contribution in [2.24, 2.45) is 0 Å². The molecule has 1 nitrogen and oxygen atoms in total. The first-order valence-electron chi connectivity index (χ1n) is 7.32. The van der Waals surface area contributed by atoms with Crippen LogP contribution in [-0.2, 0) is 0 Å². The fourth-order valence-electron chi connectivity index (χ4n) is 2.83. The lowest BCUT2D eigenvalue weighted by molar-refractivity contribution is 0.104. The Balaban J connectivity index is 2.22. The summed E-state index contributed by atoms with van der Waals surface area (Å²) in [5.41, 5.74) is 6.51. The lowest BCUT2D eigenvalue weighted by Crippen LogP contribution is -1.96. The van der Waals surface area contributed by atoms with Gasteiger partial charge in [-0.1, -0.05) is 64.1 Å². The highest BCUT2D eigenvalue weighted by atomic mass is 16.1. The Hall–Kier alpha value is -1.89. The van der Waals surface area contributed by atoms with Crippen LogP contribution in [0.3, 0.4) is 0 Å². The van der Waals surface area contributed by atoms with Crippen LogP contribution in [0.4, 0.5) is 0 Å². The van der Waals surface area contributed by atoms with Crippen LogP contribution in [0.2, 0.25) is 0 Å². The molecule has 1 heteroatoms. The maximum atomic E-state index is 12.5. The van der Waals surface area contributed by atoms with Gasteiger partial charge in [0.2, 0.25) is 0 Å². The van der Waals surface area contributed by atoms with Gasteiger partial charge in [0.15, 0.2) is 5.78 Å². The van der Waals surface area contributed by atoms with E-state index in [9.17, 15) is 4.79 Å². The van der Waals surface area contributed by atoms with Crippen LogP contribution in [0.25, 0.3) is 11.1 Å². The predicted octanol–water partition coefficient (Wildman–Crippen LogP) is 5.14. The normalized spacial score (nSPS) is 13.0. The Bertz CT molecular complexity index is 633. The molecule has 0 saturated heterocycles. The van der Waals surface area contributed by atoms with Crippen LogP contribution < -0.4 is 0 Å². The molecular formula is C19H20O. The summed E-state index contributed by atoms with van der Waals surface area (Å²) in [5, 5.41) is 0. The number of fused-ring (bicyclic) bond motifs is 3. The van der Waals surface area contributed by atoms with E-state index in [4.69, 9.17) is 0 Å². The van der Waals surface area contributed by atoms with Gasteiger partial charge in [-0.05, 0) is 34.1 Å². The van der Waals surface area contributed by atoms with E-state index in [-0.39, 0.29) is 5.78 Å². The van der Waals surface area contributed by atoms with E-state index >= 15 is 0 Å². The maximum Gasteiger partial charge on any atom is 0.194 e. The molecule has 1 aliphatic carbocycles. The predicted molar refractivity (Wildman–Crippen MR) is 83.5 cm³/mol. The molecule has 0 bridgehead atoms. The molecule has 0 atom stereocenters. The van der Waals surface area contributed by atoms with E-state index < -0.39 is 0 Å². The van der Waals surface area contributed by atoms with E-state index in [0.717, 1.165) is 22.3 Å². The van der Waals surface area contributed by atoms with Gasteiger partial charge in [0.25, 0.3) is 0 Å². The van der Waals surface area contributed by atoms with Crippen molar-refractivity contribution in [1.82, 2.24) is 0 Å². The first-order chi connectivity index (χ1) is 9.49. The minimum atomic E-state index is 0.167. The first-order valence-corrected chi connectivity index (χ1v) is 7.32. The van der Waals surface area contributed by atoms with Crippen molar-refractivity contribution in [3.63, 3.8) is 0 Å². The van der Waals surface area contributed by atoms with Crippen molar-refractivity contribution in [2.75, 3.05) is 0 Å². The number of rotatable bonds is 2. The molecule has 1 aliphatic rings. The summed E-state index contributed by atoms with van der Waals surface area (Å²) >= 11 is 0. The molecule has 0 spiro atoms. The van der Waals surface area contributed by atoms with Gasteiger partial charge in [0.1, 0.15) is 0 Å². The molecule has 0 amide bonds. The molecule has 0 fully saturated rings. The third kappa shape index (κ3) is 1.89. The van der Waals surface area contributed by atoms with Gasteiger partial charge in [-0.2, -0.15) is 0 Å². The highest BCUT2D eigenvalue weighted by molar-refractivity contribution is 6.21. The molecule has 20 heavy (non-hydrogen) atoms. The van der Waals surface area contributed by atoms with Crippen LogP contribution in [0.1, 0.15) is 66.6 Å². The summed E-state index contributed by atoms with van der Waals surface area (Å²) in [5.74, 6) is 1.13. The first kappa shape index (κ1) is 13.1. The Morgan fingerprint density at radius 2 is 1.05 bits per heavy atom. The van der Waals surface area contributed by atoms with Gasteiger partial charge in [-0.15, -0.1) is 0 Å². The second-order valence-electron chi connectivity index (χ2n) is 6.25. The quantitative estimate of drug-likeness (QED) is 0.626. The van der Waals surface area contributed by atoms with Crippen molar-refractivity contribution in [3.05, 3.63) is 58.7 Å². The number of ketones is 1. The van der Waals surface area contributed by atoms with E-state index in [2.05, 4.69) is 52.0 Å². The minimum Gasteiger partial charge on any atom is -0.289 e. The summed E-state index contributed by atoms with van der Waals surface area (Å²) in [6.45, 7) is 8.74. The lowest BCUT2D eigenvalue weighted by Gasteiger charge is -2.10. The van der Waals surface area contributed by atoms with Gasteiger partial charge in [-0.25, -0.2) is 0 Å². The standard InChI is InChI=1S/C19H20O/c1-11(2)13-5-7-15-17(9-13)18-10-14(12(3)4)6-8-16(18)19(15)20/h5-12H,1-4H3. The average Bonchev–Trinajstić information content (AvgIpc) is 2.71. The molecular weight excluding hydrogens is 244 g/mol. The van der Waals surface area contributed by atoms with Gasteiger partial charge >= 0.3 is 0 Å². The number of benzene rings is 2. The Kier molecular flexibility index (Phi) is 3.01. The molecule has 0 heterocycles. The van der Waals surface area contributed by atoms with E-state index in [1.165, 1.54) is 11.1 Å².